The van der Waals surface area contributed by atoms with Crippen LogP contribution in [0.2, 0.25) is 20.1 Å². The van der Waals surface area contributed by atoms with Gasteiger partial charge >= 0.3 is 356 Å². The molecule has 8 rings (SSSR count). The molecule has 0 unspecified atom stereocenters. The first-order valence-corrected chi connectivity index (χ1v) is 22.0. The van der Waals surface area contributed by atoms with Crippen molar-refractivity contribution in [2.75, 3.05) is 0 Å². The third kappa shape index (κ3) is 7.30. The summed E-state index contributed by atoms with van der Waals surface area (Å²) in [6, 6.07) is 68.8. The zero-order chi connectivity index (χ0) is 39.3. The van der Waals surface area contributed by atoms with E-state index < -0.39 is 13.9 Å². The molecule has 0 fully saturated rings. The fourth-order valence-electron chi connectivity index (χ4n) is 7.70. The zero-order valence-corrected chi connectivity index (χ0v) is 34.3. The Morgan fingerprint density at radius 1 is 0.333 bits per heavy atom. The molecule has 9 heteroatoms. The first-order chi connectivity index (χ1) is 27.8. The second-order valence-corrected chi connectivity index (χ2v) is 19.8. The second-order valence-electron chi connectivity index (χ2n) is 13.3. The number of hydrogen-bond donors (Lipinski definition) is 0. The van der Waals surface area contributed by atoms with Gasteiger partial charge in [0.05, 0.1) is 0 Å². The van der Waals surface area contributed by atoms with Crippen LogP contribution in [-0.2, 0) is 0 Å². The maximum atomic E-state index is 6.93. The summed E-state index contributed by atoms with van der Waals surface area (Å²) in [7, 11) is -1.23. The van der Waals surface area contributed by atoms with Crippen molar-refractivity contribution in [2.24, 2.45) is 0 Å². The molecule has 0 spiro atoms. The third-order valence-corrected chi connectivity index (χ3v) is 17.8. The second kappa shape index (κ2) is 16.7. The molecule has 0 saturated heterocycles. The van der Waals surface area contributed by atoms with Gasteiger partial charge in [-0.1, -0.05) is 0 Å². The van der Waals surface area contributed by atoms with Crippen molar-refractivity contribution in [3.05, 3.63) is 226 Å². The van der Waals surface area contributed by atoms with Gasteiger partial charge in [0.15, 0.2) is 0 Å². The molecule has 0 saturated carbocycles. The van der Waals surface area contributed by atoms with Crippen molar-refractivity contribution in [3.8, 4) is 28.4 Å². The van der Waals surface area contributed by atoms with Crippen LogP contribution >= 0.6 is 53.0 Å². The fourth-order valence-corrected chi connectivity index (χ4v) is 15.3. The fraction of sp³-hybridized carbons (Fsp3) is 0. The van der Waals surface area contributed by atoms with Gasteiger partial charge in [-0.2, -0.15) is 0 Å². The van der Waals surface area contributed by atoms with Crippen LogP contribution < -0.4 is 40.5 Å². The first kappa shape index (κ1) is 38.7. The Kier molecular flexibility index (Phi) is 11.4. The first-order valence-electron chi connectivity index (χ1n) is 18.2. The van der Waals surface area contributed by atoms with Gasteiger partial charge in [-0.15, -0.1) is 0 Å². The van der Waals surface area contributed by atoms with Crippen LogP contribution in [0.15, 0.2) is 206 Å². The predicted octanol–water partition coefficient (Wildman–Crippen LogP) is 12.0. The van der Waals surface area contributed by atoms with E-state index in [-0.39, 0.29) is 0 Å². The van der Waals surface area contributed by atoms with Crippen LogP contribution in [0, 0.1) is 0 Å². The summed E-state index contributed by atoms with van der Waals surface area (Å²) in [5.74, 6) is 1.49. The Morgan fingerprint density at radius 2 is 0.719 bits per heavy atom. The summed E-state index contributed by atoms with van der Waals surface area (Å²) < 4.78 is 19.5. The Hall–Kier alpha value is -5.19. The van der Waals surface area contributed by atoms with E-state index in [0.29, 0.717) is 37.3 Å². The zero-order valence-electron chi connectivity index (χ0n) is 30.4. The van der Waals surface area contributed by atoms with Gasteiger partial charge in [-0.3, -0.25) is 0 Å². The van der Waals surface area contributed by atoms with Crippen molar-refractivity contribution >= 4 is 86.9 Å². The van der Waals surface area contributed by atoms with Gasteiger partial charge in [0.25, 0.3) is 0 Å². The van der Waals surface area contributed by atoms with Crippen molar-refractivity contribution in [3.63, 3.8) is 0 Å². The predicted molar refractivity (Wildman–Crippen MR) is 243 cm³/mol. The van der Waals surface area contributed by atoms with Crippen molar-refractivity contribution in [2.45, 2.75) is 0 Å². The summed E-state index contributed by atoms with van der Waals surface area (Å²) >= 11 is 26.1. The van der Waals surface area contributed by atoms with Crippen molar-refractivity contribution in [1.29, 1.82) is 0 Å². The van der Waals surface area contributed by atoms with Crippen LogP contribution in [0.4, 0.5) is 0 Å². The average Bonchev–Trinajstić information content (AvgIpc) is 3.25. The SMILES string of the molecule is Clc1ccc(OB(Oc2ccc(Cl)cc2)Oc2ccc(Cl)cc2-c2ccccc2P(c2ccccc2)(c2ccccc2)(c2ccccc2)c2ccc(Cl)cc2)cc1. The van der Waals surface area contributed by atoms with Crippen LogP contribution in [0.1, 0.15) is 0 Å². The molecular weight excluding hydrogens is 808 g/mol. The molecule has 3 nitrogen and oxygen atoms in total. The normalized spacial score (nSPS) is 11.9. The van der Waals surface area contributed by atoms with E-state index in [1.54, 1.807) is 54.6 Å². The molecule has 0 aliphatic carbocycles. The van der Waals surface area contributed by atoms with Crippen LogP contribution in [0.5, 0.6) is 17.2 Å². The molecule has 0 amide bonds. The Labute approximate surface area is 353 Å². The van der Waals surface area contributed by atoms with E-state index >= 15 is 0 Å². The van der Waals surface area contributed by atoms with Gasteiger partial charge in [0.2, 0.25) is 0 Å². The molecule has 0 heterocycles. The quantitative estimate of drug-likeness (QED) is 0.0906. The monoisotopic (exact) mass is 840 g/mol. The van der Waals surface area contributed by atoms with E-state index in [9.17, 15) is 0 Å². The van der Waals surface area contributed by atoms with E-state index in [2.05, 4.69) is 121 Å². The summed E-state index contributed by atoms with van der Waals surface area (Å²) in [6.45, 7) is -3.99. The van der Waals surface area contributed by atoms with Crippen LogP contribution in [0.3, 0.4) is 0 Å². The molecule has 0 aliphatic heterocycles. The number of rotatable bonds is 12. The van der Waals surface area contributed by atoms with Crippen molar-refractivity contribution < 1.29 is 14.0 Å². The maximum absolute atomic E-state index is 6.93. The Balaban J connectivity index is 1.43. The van der Waals surface area contributed by atoms with Gasteiger partial charge < -0.3 is 0 Å². The summed E-state index contributed by atoms with van der Waals surface area (Å²) in [5.41, 5.74) is 1.66. The minimum absolute atomic E-state index is 0.488. The molecule has 57 heavy (non-hydrogen) atoms. The molecule has 8 aromatic rings. The van der Waals surface area contributed by atoms with Gasteiger partial charge in [-0.25, -0.2) is 0 Å². The standard InChI is InChI=1S/C48H34BCl4O3P/c50-35-20-27-39(28-21-35)54-49(55-40-29-22-36(51)23-30-40)56-47-33-26-38(53)34-46(47)45-18-10-11-19-48(45)57(41-12-4-1-5-13-41,42-14-6-2-7-15-42,43-16-8-3-9-17-43)44-31-24-37(52)25-32-44/h1-34H. The number of benzene rings is 8. The molecule has 8 aromatic carbocycles. The van der Waals surface area contributed by atoms with E-state index in [4.69, 9.17) is 60.4 Å². The topological polar surface area (TPSA) is 27.7 Å². The molecule has 0 radical (unpaired) electrons. The summed E-state index contributed by atoms with van der Waals surface area (Å²) in [5, 5.41) is 7.97. The Morgan fingerprint density at radius 3 is 1.19 bits per heavy atom. The molecular formula is C48H34BCl4O3P. The van der Waals surface area contributed by atoms with E-state index in [1.165, 1.54) is 0 Å². The van der Waals surface area contributed by atoms with Crippen LogP contribution in [-0.4, -0.2) is 7.32 Å². The molecule has 280 valence electrons. The number of hydrogen-bond acceptors (Lipinski definition) is 3. The van der Waals surface area contributed by atoms with Crippen molar-refractivity contribution in [1.82, 2.24) is 0 Å². The average molecular weight is 842 g/mol. The molecule has 0 aliphatic rings. The third-order valence-electron chi connectivity index (χ3n) is 10.1. The number of halogens is 4. The minimum atomic E-state index is -3.99. The molecule has 0 bridgehead atoms. The Bertz CT molecular complexity index is 2450. The van der Waals surface area contributed by atoms with Gasteiger partial charge in [0.1, 0.15) is 0 Å². The van der Waals surface area contributed by atoms with E-state index in [0.717, 1.165) is 37.6 Å². The summed E-state index contributed by atoms with van der Waals surface area (Å²) in [6.07, 6.45) is 0. The molecule has 0 aromatic heterocycles. The van der Waals surface area contributed by atoms with Gasteiger partial charge in [-0.05, 0) is 0 Å². The van der Waals surface area contributed by atoms with Gasteiger partial charge in [0, 0.05) is 0 Å². The molecule has 0 N–H and O–H groups in total. The molecule has 0 atom stereocenters. The van der Waals surface area contributed by atoms with Crippen LogP contribution in [0.25, 0.3) is 11.1 Å². The summed E-state index contributed by atoms with van der Waals surface area (Å²) in [4.78, 5) is 0. The van der Waals surface area contributed by atoms with E-state index in [1.807, 2.05) is 30.3 Å².